The van der Waals surface area contributed by atoms with E-state index < -0.39 is 5.97 Å². The first-order valence-electron chi connectivity index (χ1n) is 4.92. The van der Waals surface area contributed by atoms with Crippen molar-refractivity contribution in [3.63, 3.8) is 0 Å². The van der Waals surface area contributed by atoms with Gasteiger partial charge in [0.2, 0.25) is 5.88 Å². The molecule has 0 radical (unpaired) electrons. The lowest BCUT2D eigenvalue weighted by Gasteiger charge is -2.04. The fraction of sp³-hybridized carbons (Fsp3) is 0.0909. The molecule has 1 N–H and O–H groups in total. The fourth-order valence-electron chi connectivity index (χ4n) is 1.19. The lowest BCUT2D eigenvalue weighted by molar-refractivity contribution is 0.0696. The van der Waals surface area contributed by atoms with Gasteiger partial charge >= 0.3 is 12.0 Å². The first-order valence-corrected chi connectivity index (χ1v) is 4.92. The summed E-state index contributed by atoms with van der Waals surface area (Å²) in [5, 5.41) is 8.81. The molecule has 7 nitrogen and oxygen atoms in total. The molecule has 0 bridgehead atoms. The third kappa shape index (κ3) is 2.70. The standard InChI is InChI=1S/C11H9N3O4/c1-17-9-2-3-13-11(14-9)18-8-4-7(10(15)16)5-12-6-8/h2-6H,1H3,(H,15,16). The molecular weight excluding hydrogens is 238 g/mol. The number of carbonyl (C=O) groups is 1. The Morgan fingerprint density at radius 3 is 2.94 bits per heavy atom. The molecule has 0 fully saturated rings. The molecule has 18 heavy (non-hydrogen) atoms. The molecule has 0 spiro atoms. The van der Waals surface area contributed by atoms with Crippen molar-refractivity contribution in [3.05, 3.63) is 36.3 Å². The zero-order valence-corrected chi connectivity index (χ0v) is 9.40. The highest BCUT2D eigenvalue weighted by Gasteiger charge is 2.07. The number of hydrogen-bond donors (Lipinski definition) is 1. The van der Waals surface area contributed by atoms with Crippen LogP contribution in [0, 0.1) is 0 Å². The monoisotopic (exact) mass is 247 g/mol. The van der Waals surface area contributed by atoms with Crippen LogP contribution in [0.3, 0.4) is 0 Å². The summed E-state index contributed by atoms with van der Waals surface area (Å²) in [5.41, 5.74) is 0.0235. The molecule has 0 aliphatic carbocycles. The first kappa shape index (κ1) is 11.8. The van der Waals surface area contributed by atoms with Crippen LogP contribution in [0.15, 0.2) is 30.7 Å². The lowest BCUT2D eigenvalue weighted by atomic mass is 10.3. The van der Waals surface area contributed by atoms with Crippen LogP contribution in [0.5, 0.6) is 17.6 Å². The normalized spacial score (nSPS) is 9.83. The number of ether oxygens (including phenoxy) is 2. The summed E-state index contributed by atoms with van der Waals surface area (Å²) < 4.78 is 10.2. The second-order valence-corrected chi connectivity index (χ2v) is 3.20. The average Bonchev–Trinajstić information content (AvgIpc) is 2.39. The number of methoxy groups -OCH3 is 1. The maximum Gasteiger partial charge on any atom is 0.337 e. The van der Waals surface area contributed by atoms with Crippen molar-refractivity contribution in [2.24, 2.45) is 0 Å². The van der Waals surface area contributed by atoms with Crippen molar-refractivity contribution in [2.75, 3.05) is 7.11 Å². The Kier molecular flexibility index (Phi) is 3.33. The highest BCUT2D eigenvalue weighted by Crippen LogP contribution is 2.19. The highest BCUT2D eigenvalue weighted by molar-refractivity contribution is 5.87. The Morgan fingerprint density at radius 2 is 2.22 bits per heavy atom. The van der Waals surface area contributed by atoms with Gasteiger partial charge < -0.3 is 14.6 Å². The van der Waals surface area contributed by atoms with Crippen molar-refractivity contribution in [2.45, 2.75) is 0 Å². The van der Waals surface area contributed by atoms with E-state index in [-0.39, 0.29) is 17.3 Å². The van der Waals surface area contributed by atoms with E-state index in [1.54, 1.807) is 6.07 Å². The van der Waals surface area contributed by atoms with Gasteiger partial charge in [-0.2, -0.15) is 4.98 Å². The minimum Gasteiger partial charge on any atom is -0.481 e. The smallest absolute Gasteiger partial charge is 0.337 e. The van der Waals surface area contributed by atoms with Crippen molar-refractivity contribution in [1.29, 1.82) is 0 Å². The van der Waals surface area contributed by atoms with Crippen LogP contribution in [0.2, 0.25) is 0 Å². The second kappa shape index (κ2) is 5.09. The molecule has 0 aliphatic rings. The van der Waals surface area contributed by atoms with Gasteiger partial charge in [0.1, 0.15) is 5.75 Å². The topological polar surface area (TPSA) is 94.4 Å². The molecule has 0 unspecified atom stereocenters. The molecule has 92 valence electrons. The molecule has 0 amide bonds. The molecule has 2 aromatic heterocycles. The van der Waals surface area contributed by atoms with E-state index in [0.29, 0.717) is 5.88 Å². The van der Waals surface area contributed by atoms with Gasteiger partial charge in [0.15, 0.2) is 0 Å². The number of aromatic carboxylic acids is 1. The average molecular weight is 247 g/mol. The van der Waals surface area contributed by atoms with Gasteiger partial charge in [-0.25, -0.2) is 9.78 Å². The van der Waals surface area contributed by atoms with Crippen molar-refractivity contribution >= 4 is 5.97 Å². The van der Waals surface area contributed by atoms with Gasteiger partial charge in [-0.15, -0.1) is 0 Å². The molecule has 2 rings (SSSR count). The molecule has 0 aliphatic heterocycles. The van der Waals surface area contributed by atoms with Crippen molar-refractivity contribution in [3.8, 4) is 17.6 Å². The van der Waals surface area contributed by atoms with E-state index in [1.807, 2.05) is 0 Å². The van der Waals surface area contributed by atoms with E-state index >= 15 is 0 Å². The van der Waals surface area contributed by atoms with Gasteiger partial charge in [0, 0.05) is 18.5 Å². The van der Waals surface area contributed by atoms with Crippen LogP contribution in [0.4, 0.5) is 0 Å². The maximum atomic E-state index is 10.8. The predicted molar refractivity (Wildman–Crippen MR) is 59.9 cm³/mol. The quantitative estimate of drug-likeness (QED) is 0.871. The summed E-state index contributed by atoms with van der Waals surface area (Å²) in [5.74, 6) is -0.495. The van der Waals surface area contributed by atoms with E-state index in [4.69, 9.17) is 14.6 Å². The number of pyridine rings is 1. The Labute approximate surface area is 102 Å². The third-order valence-electron chi connectivity index (χ3n) is 1.99. The third-order valence-corrected chi connectivity index (χ3v) is 1.99. The maximum absolute atomic E-state index is 10.8. The minimum absolute atomic E-state index is 0.0235. The summed E-state index contributed by atoms with van der Waals surface area (Å²) in [4.78, 5) is 22.3. The Morgan fingerprint density at radius 1 is 1.39 bits per heavy atom. The second-order valence-electron chi connectivity index (χ2n) is 3.20. The van der Waals surface area contributed by atoms with E-state index in [2.05, 4.69) is 15.0 Å². The lowest BCUT2D eigenvalue weighted by Crippen LogP contribution is -1.99. The van der Waals surface area contributed by atoms with E-state index in [9.17, 15) is 4.79 Å². The Balaban J connectivity index is 2.22. The summed E-state index contributed by atoms with van der Waals surface area (Å²) in [6.45, 7) is 0. The number of carboxylic acid groups (broad SMARTS) is 1. The zero-order chi connectivity index (χ0) is 13.0. The number of aromatic nitrogens is 3. The van der Waals surface area contributed by atoms with Crippen molar-refractivity contribution < 1.29 is 19.4 Å². The summed E-state index contributed by atoms with van der Waals surface area (Å²) >= 11 is 0. The van der Waals surface area contributed by atoms with Gasteiger partial charge in [-0.05, 0) is 6.07 Å². The number of nitrogens with zero attached hydrogens (tertiary/aromatic N) is 3. The molecular formula is C11H9N3O4. The highest BCUT2D eigenvalue weighted by atomic mass is 16.5. The largest absolute Gasteiger partial charge is 0.481 e. The van der Waals surface area contributed by atoms with Crippen molar-refractivity contribution in [1.82, 2.24) is 15.0 Å². The van der Waals surface area contributed by atoms with Crippen LogP contribution < -0.4 is 9.47 Å². The Hall–Kier alpha value is -2.70. The summed E-state index contributed by atoms with van der Waals surface area (Å²) in [6, 6.07) is 2.95. The van der Waals surface area contributed by atoms with Crippen LogP contribution in [-0.2, 0) is 0 Å². The molecule has 0 atom stereocenters. The van der Waals surface area contributed by atoms with Crippen LogP contribution in [-0.4, -0.2) is 33.1 Å². The molecule has 0 saturated carbocycles. The van der Waals surface area contributed by atoms with Gasteiger partial charge in [0.05, 0.1) is 18.9 Å². The molecule has 2 aromatic rings. The molecule has 2 heterocycles. The first-order chi connectivity index (χ1) is 8.69. The number of rotatable bonds is 4. The number of hydrogen-bond acceptors (Lipinski definition) is 6. The van der Waals surface area contributed by atoms with Crippen LogP contribution >= 0.6 is 0 Å². The molecule has 0 aromatic carbocycles. The molecule has 0 saturated heterocycles. The minimum atomic E-state index is -1.08. The van der Waals surface area contributed by atoms with E-state index in [1.165, 1.54) is 31.8 Å². The predicted octanol–water partition coefficient (Wildman–Crippen LogP) is 1.37. The van der Waals surface area contributed by atoms with Gasteiger partial charge in [-0.3, -0.25) is 4.98 Å². The molecule has 7 heteroatoms. The fourth-order valence-corrected chi connectivity index (χ4v) is 1.19. The van der Waals surface area contributed by atoms with Crippen LogP contribution in [0.1, 0.15) is 10.4 Å². The Bertz CT molecular complexity index is 574. The van der Waals surface area contributed by atoms with Crippen LogP contribution in [0.25, 0.3) is 0 Å². The summed E-state index contributed by atoms with van der Waals surface area (Å²) in [6.07, 6.45) is 4.06. The van der Waals surface area contributed by atoms with Gasteiger partial charge in [0.25, 0.3) is 0 Å². The number of carboxylic acids is 1. The van der Waals surface area contributed by atoms with E-state index in [0.717, 1.165) is 0 Å². The zero-order valence-electron chi connectivity index (χ0n) is 9.40. The SMILES string of the molecule is COc1ccnc(Oc2cncc(C(=O)O)c2)n1. The van der Waals surface area contributed by atoms with Gasteiger partial charge in [-0.1, -0.05) is 0 Å². The summed E-state index contributed by atoms with van der Waals surface area (Å²) in [7, 11) is 1.47.